The molecule has 0 unspecified atom stereocenters. The molecule has 0 saturated carbocycles. The SMILES string of the molecule is Cc1cc(C(=O)N2CCN(c3ncccn3)CC2)cc(C)c1OCc1cccnc1. The lowest BCUT2D eigenvalue weighted by molar-refractivity contribution is 0.0746. The maximum atomic E-state index is 13.1. The summed E-state index contributed by atoms with van der Waals surface area (Å²) < 4.78 is 6.01. The number of piperazine rings is 1. The molecule has 3 heterocycles. The third-order valence-corrected chi connectivity index (χ3v) is 5.22. The first-order valence-corrected chi connectivity index (χ1v) is 10.1. The fourth-order valence-electron chi connectivity index (χ4n) is 3.69. The molecule has 30 heavy (non-hydrogen) atoms. The zero-order chi connectivity index (χ0) is 20.9. The number of nitrogens with zero attached hydrogens (tertiary/aromatic N) is 5. The molecule has 1 fully saturated rings. The van der Waals surface area contributed by atoms with Gasteiger partial charge in [-0.15, -0.1) is 0 Å². The summed E-state index contributed by atoms with van der Waals surface area (Å²) in [6.45, 7) is 7.15. The number of benzene rings is 1. The number of amides is 1. The molecule has 1 aromatic carbocycles. The number of anilines is 1. The highest BCUT2D eigenvalue weighted by molar-refractivity contribution is 5.95. The van der Waals surface area contributed by atoms with Crippen LogP contribution in [0.15, 0.2) is 55.1 Å². The van der Waals surface area contributed by atoms with Crippen molar-refractivity contribution in [3.8, 4) is 5.75 Å². The van der Waals surface area contributed by atoms with E-state index in [1.807, 2.05) is 43.0 Å². The lowest BCUT2D eigenvalue weighted by Gasteiger charge is -2.34. The highest BCUT2D eigenvalue weighted by Crippen LogP contribution is 2.26. The predicted octanol–water partition coefficient (Wildman–Crippen LogP) is 3.03. The van der Waals surface area contributed by atoms with E-state index in [-0.39, 0.29) is 5.91 Å². The van der Waals surface area contributed by atoms with Crippen molar-refractivity contribution < 1.29 is 9.53 Å². The van der Waals surface area contributed by atoms with Crippen LogP contribution < -0.4 is 9.64 Å². The second-order valence-corrected chi connectivity index (χ2v) is 7.42. The van der Waals surface area contributed by atoms with Gasteiger partial charge in [-0.1, -0.05) is 6.07 Å². The van der Waals surface area contributed by atoms with Gasteiger partial charge in [0.15, 0.2) is 0 Å². The molecule has 3 aromatic rings. The first-order chi connectivity index (χ1) is 14.6. The number of carbonyl (C=O) groups excluding carboxylic acids is 1. The van der Waals surface area contributed by atoms with Crippen LogP contribution in [0, 0.1) is 13.8 Å². The number of pyridine rings is 1. The van der Waals surface area contributed by atoms with Gasteiger partial charge in [0.1, 0.15) is 12.4 Å². The maximum absolute atomic E-state index is 13.1. The Hall–Kier alpha value is -3.48. The molecule has 0 atom stereocenters. The molecule has 2 aromatic heterocycles. The van der Waals surface area contributed by atoms with Gasteiger partial charge in [-0.25, -0.2) is 9.97 Å². The average molecular weight is 403 g/mol. The van der Waals surface area contributed by atoms with E-state index in [0.717, 1.165) is 35.5 Å². The minimum absolute atomic E-state index is 0.0497. The predicted molar refractivity (Wildman–Crippen MR) is 115 cm³/mol. The standard InChI is InChI=1S/C23H25N5O2/c1-17-13-20(14-18(2)21(17)30-16-19-5-3-6-24-15-19)22(29)27-9-11-28(12-10-27)23-25-7-4-8-26-23/h3-8,13-15H,9-12,16H2,1-2H3. The summed E-state index contributed by atoms with van der Waals surface area (Å²) in [5.74, 6) is 1.58. The third-order valence-electron chi connectivity index (χ3n) is 5.22. The smallest absolute Gasteiger partial charge is 0.253 e. The number of aromatic nitrogens is 3. The number of carbonyl (C=O) groups is 1. The Morgan fingerprint density at radius 1 is 1.00 bits per heavy atom. The van der Waals surface area contributed by atoms with Crippen molar-refractivity contribution in [2.75, 3.05) is 31.1 Å². The number of hydrogen-bond acceptors (Lipinski definition) is 6. The summed E-state index contributed by atoms with van der Waals surface area (Å²) in [5, 5.41) is 0. The van der Waals surface area contributed by atoms with Gasteiger partial charge in [-0.05, 0) is 49.2 Å². The van der Waals surface area contributed by atoms with E-state index in [0.29, 0.717) is 31.2 Å². The van der Waals surface area contributed by atoms with Crippen LogP contribution in [0.3, 0.4) is 0 Å². The van der Waals surface area contributed by atoms with E-state index in [9.17, 15) is 4.79 Å². The molecule has 4 rings (SSSR count). The Kier molecular flexibility index (Phi) is 5.88. The van der Waals surface area contributed by atoms with E-state index >= 15 is 0 Å². The van der Waals surface area contributed by atoms with Crippen molar-refractivity contribution in [1.29, 1.82) is 0 Å². The molecule has 0 aliphatic carbocycles. The molecular weight excluding hydrogens is 378 g/mol. The van der Waals surface area contributed by atoms with Crippen molar-refractivity contribution >= 4 is 11.9 Å². The van der Waals surface area contributed by atoms with Gasteiger partial charge in [0.2, 0.25) is 5.95 Å². The van der Waals surface area contributed by atoms with Gasteiger partial charge < -0.3 is 14.5 Å². The van der Waals surface area contributed by atoms with Crippen LogP contribution in [0.1, 0.15) is 27.0 Å². The second kappa shape index (κ2) is 8.90. The van der Waals surface area contributed by atoms with Crippen LogP contribution in [0.4, 0.5) is 5.95 Å². The summed E-state index contributed by atoms with van der Waals surface area (Å²) in [6.07, 6.45) is 7.02. The molecule has 1 aliphatic heterocycles. The van der Waals surface area contributed by atoms with Gasteiger partial charge in [0.05, 0.1) is 0 Å². The Bertz CT molecular complexity index is 980. The van der Waals surface area contributed by atoms with Gasteiger partial charge in [0.25, 0.3) is 5.91 Å². The van der Waals surface area contributed by atoms with Gasteiger partial charge in [-0.3, -0.25) is 9.78 Å². The topological polar surface area (TPSA) is 71.5 Å². The molecule has 0 N–H and O–H groups in total. The van der Waals surface area contributed by atoms with E-state index in [2.05, 4.69) is 19.9 Å². The summed E-state index contributed by atoms with van der Waals surface area (Å²) in [7, 11) is 0. The molecule has 0 bridgehead atoms. The molecule has 1 amide bonds. The lowest BCUT2D eigenvalue weighted by Crippen LogP contribution is -2.49. The van der Waals surface area contributed by atoms with Crippen molar-refractivity contribution in [1.82, 2.24) is 19.9 Å². The first kappa shape index (κ1) is 19.8. The van der Waals surface area contributed by atoms with E-state index < -0.39 is 0 Å². The summed E-state index contributed by atoms with van der Waals surface area (Å²) in [4.78, 5) is 29.8. The van der Waals surface area contributed by atoms with Crippen molar-refractivity contribution in [3.05, 3.63) is 77.4 Å². The van der Waals surface area contributed by atoms with Crippen LogP contribution in [0.25, 0.3) is 0 Å². The van der Waals surface area contributed by atoms with Crippen molar-refractivity contribution in [2.24, 2.45) is 0 Å². The Morgan fingerprint density at radius 3 is 2.33 bits per heavy atom. The zero-order valence-corrected chi connectivity index (χ0v) is 17.3. The van der Waals surface area contributed by atoms with Gasteiger partial charge in [-0.2, -0.15) is 0 Å². The van der Waals surface area contributed by atoms with Crippen molar-refractivity contribution in [2.45, 2.75) is 20.5 Å². The minimum Gasteiger partial charge on any atom is -0.488 e. The van der Waals surface area contributed by atoms with E-state index in [1.54, 1.807) is 30.9 Å². The molecule has 0 spiro atoms. The zero-order valence-electron chi connectivity index (χ0n) is 17.3. The average Bonchev–Trinajstić information content (AvgIpc) is 2.79. The Labute approximate surface area is 176 Å². The summed E-state index contributed by atoms with van der Waals surface area (Å²) >= 11 is 0. The van der Waals surface area contributed by atoms with E-state index in [1.165, 1.54) is 0 Å². The monoisotopic (exact) mass is 403 g/mol. The molecule has 1 aliphatic rings. The van der Waals surface area contributed by atoms with Crippen LogP contribution in [-0.4, -0.2) is 51.9 Å². The fourth-order valence-corrected chi connectivity index (χ4v) is 3.69. The first-order valence-electron chi connectivity index (χ1n) is 10.1. The largest absolute Gasteiger partial charge is 0.488 e. The third kappa shape index (κ3) is 4.40. The molecule has 7 heteroatoms. The number of aryl methyl sites for hydroxylation is 2. The number of ether oxygens (including phenoxy) is 1. The Morgan fingerprint density at radius 2 is 1.70 bits per heavy atom. The van der Waals surface area contributed by atoms with Crippen LogP contribution in [0.5, 0.6) is 5.75 Å². The molecule has 154 valence electrons. The van der Waals surface area contributed by atoms with E-state index in [4.69, 9.17) is 4.74 Å². The molecular formula is C23H25N5O2. The quantitative estimate of drug-likeness (QED) is 0.652. The molecule has 0 radical (unpaired) electrons. The second-order valence-electron chi connectivity index (χ2n) is 7.42. The molecule has 7 nitrogen and oxygen atoms in total. The Balaban J connectivity index is 1.41. The molecule has 1 saturated heterocycles. The van der Waals surface area contributed by atoms with Gasteiger partial charge >= 0.3 is 0 Å². The number of rotatable bonds is 5. The highest BCUT2D eigenvalue weighted by atomic mass is 16.5. The summed E-state index contributed by atoms with van der Waals surface area (Å²) in [6, 6.07) is 9.51. The fraction of sp³-hybridized carbons (Fsp3) is 0.304. The normalized spacial score (nSPS) is 13.9. The minimum atomic E-state index is 0.0497. The lowest BCUT2D eigenvalue weighted by atomic mass is 10.0. The van der Waals surface area contributed by atoms with Crippen LogP contribution in [-0.2, 0) is 6.61 Å². The summed E-state index contributed by atoms with van der Waals surface area (Å²) in [5.41, 5.74) is 3.62. The van der Waals surface area contributed by atoms with Gasteiger partial charge in [0, 0.05) is 62.1 Å². The highest BCUT2D eigenvalue weighted by Gasteiger charge is 2.24. The maximum Gasteiger partial charge on any atom is 0.253 e. The van der Waals surface area contributed by atoms with Crippen LogP contribution >= 0.6 is 0 Å². The van der Waals surface area contributed by atoms with Crippen LogP contribution in [0.2, 0.25) is 0 Å². The van der Waals surface area contributed by atoms with Crippen molar-refractivity contribution in [3.63, 3.8) is 0 Å². The number of hydrogen-bond donors (Lipinski definition) is 0.